The van der Waals surface area contributed by atoms with Gasteiger partial charge in [0.25, 0.3) is 0 Å². The molecule has 0 bridgehead atoms. The van der Waals surface area contributed by atoms with Crippen molar-refractivity contribution in [1.82, 2.24) is 0 Å². The Kier molecular flexibility index (Phi) is 10.3. The van der Waals surface area contributed by atoms with E-state index in [2.05, 4.69) is 151 Å². The Morgan fingerprint density at radius 3 is 1.24 bits per heavy atom. The minimum atomic E-state index is 0. The summed E-state index contributed by atoms with van der Waals surface area (Å²) in [5.74, 6) is 0. The fourth-order valence-electron chi connectivity index (χ4n) is 7.55. The summed E-state index contributed by atoms with van der Waals surface area (Å²) < 4.78 is 0. The van der Waals surface area contributed by atoms with Crippen molar-refractivity contribution in [2.75, 3.05) is 0 Å². The van der Waals surface area contributed by atoms with Gasteiger partial charge < -0.3 is 14.9 Å². The molecule has 0 unspecified atom stereocenters. The van der Waals surface area contributed by atoms with E-state index in [1.807, 2.05) is 0 Å². The van der Waals surface area contributed by atoms with Crippen LogP contribution in [0.5, 0.6) is 0 Å². The van der Waals surface area contributed by atoms with Crippen LogP contribution in [-0.2, 0) is 42.1 Å². The third-order valence-electron chi connectivity index (χ3n) is 10.2. The number of rotatable bonds is 4. The van der Waals surface area contributed by atoms with Crippen LogP contribution in [0, 0.1) is 14.9 Å². The van der Waals surface area contributed by atoms with Crippen molar-refractivity contribution in [2.45, 2.75) is 83.5 Å². The molecule has 0 aliphatic heterocycles. The van der Waals surface area contributed by atoms with Gasteiger partial charge in [-0.1, -0.05) is 126 Å². The molecule has 234 valence electrons. The molecule has 0 radical (unpaired) electrons. The molecular formula is C45H50Hf. The molecular weight excluding hydrogens is 719 g/mol. The van der Waals surface area contributed by atoms with E-state index in [0.717, 1.165) is 0 Å². The van der Waals surface area contributed by atoms with E-state index in [0.29, 0.717) is 0 Å². The summed E-state index contributed by atoms with van der Waals surface area (Å²) in [5, 5.41) is 5.47. The van der Waals surface area contributed by atoms with Gasteiger partial charge in [0, 0.05) is 0 Å². The number of fused-ring (bicyclic) bond motifs is 2. The Labute approximate surface area is 297 Å². The second-order valence-electron chi connectivity index (χ2n) is 15.0. The monoisotopic (exact) mass is 770 g/mol. The molecule has 0 nitrogen and oxygen atoms in total. The zero-order chi connectivity index (χ0) is 30.0. The van der Waals surface area contributed by atoms with Crippen molar-refractivity contribution in [3.05, 3.63) is 146 Å². The van der Waals surface area contributed by atoms with Crippen LogP contribution in [0.1, 0.15) is 89.5 Å². The first-order valence-corrected chi connectivity index (χ1v) is 16.1. The van der Waals surface area contributed by atoms with Gasteiger partial charge in [-0.15, -0.1) is 69.1 Å². The van der Waals surface area contributed by atoms with Crippen molar-refractivity contribution >= 4 is 21.5 Å². The predicted octanol–water partition coefficient (Wildman–Crippen LogP) is 13.1. The molecule has 1 aliphatic rings. The summed E-state index contributed by atoms with van der Waals surface area (Å²) in [6, 6.07) is 42.2. The molecule has 1 heteroatoms. The molecule has 6 aromatic rings. The van der Waals surface area contributed by atoms with E-state index >= 15 is 0 Å². The van der Waals surface area contributed by atoms with Crippen molar-refractivity contribution in [1.29, 1.82) is 0 Å². The maximum atomic E-state index is 2.53. The van der Waals surface area contributed by atoms with Crippen LogP contribution in [0.25, 0.3) is 43.8 Å². The molecule has 1 saturated carbocycles. The summed E-state index contributed by atoms with van der Waals surface area (Å²) in [4.78, 5) is 0. The SMILES string of the molecule is CC(C)(C)c1ccc(-c2cccc3[cH-]c(C4(c5cc6c(-c7ccc(C(C)(C)C)cc7)cccc6[cH-]5)CCCC4)cc23)cc1.[CH3-].[CH3-].[Hf+4]. The molecule has 0 aromatic heterocycles. The third kappa shape index (κ3) is 6.29. The van der Waals surface area contributed by atoms with Crippen LogP contribution in [0.15, 0.2) is 109 Å². The first-order valence-electron chi connectivity index (χ1n) is 16.1. The van der Waals surface area contributed by atoms with Crippen LogP contribution in [0.2, 0.25) is 0 Å². The second-order valence-corrected chi connectivity index (χ2v) is 15.0. The maximum absolute atomic E-state index is 2.53. The molecule has 0 amide bonds. The van der Waals surface area contributed by atoms with Crippen molar-refractivity contribution in [2.24, 2.45) is 0 Å². The van der Waals surface area contributed by atoms with Crippen LogP contribution >= 0.6 is 0 Å². The summed E-state index contributed by atoms with van der Waals surface area (Å²) in [6.45, 7) is 13.7. The van der Waals surface area contributed by atoms with Gasteiger partial charge in [0.2, 0.25) is 0 Å². The van der Waals surface area contributed by atoms with Crippen molar-refractivity contribution in [3.8, 4) is 22.3 Å². The van der Waals surface area contributed by atoms with Gasteiger partial charge in [-0.3, -0.25) is 0 Å². The van der Waals surface area contributed by atoms with Crippen LogP contribution < -0.4 is 0 Å². The molecule has 46 heavy (non-hydrogen) atoms. The van der Waals surface area contributed by atoms with E-state index in [9.17, 15) is 0 Å². The third-order valence-corrected chi connectivity index (χ3v) is 10.2. The van der Waals surface area contributed by atoms with E-state index in [1.165, 1.54) is 91.7 Å². The topological polar surface area (TPSA) is 0 Å². The molecule has 7 rings (SSSR count). The van der Waals surface area contributed by atoms with Gasteiger partial charge in [-0.05, 0) is 51.3 Å². The van der Waals surface area contributed by atoms with Gasteiger partial charge in [0.15, 0.2) is 0 Å². The summed E-state index contributed by atoms with van der Waals surface area (Å²) in [7, 11) is 0. The van der Waals surface area contributed by atoms with Crippen LogP contribution in [0.3, 0.4) is 0 Å². The molecule has 0 atom stereocenters. The Morgan fingerprint density at radius 1 is 0.522 bits per heavy atom. The summed E-state index contributed by atoms with van der Waals surface area (Å²) >= 11 is 0. The second kappa shape index (κ2) is 13.2. The predicted molar refractivity (Wildman–Crippen MR) is 199 cm³/mol. The average Bonchev–Trinajstić information content (AvgIpc) is 3.74. The van der Waals surface area contributed by atoms with Gasteiger partial charge in [-0.25, -0.2) is 0 Å². The maximum Gasteiger partial charge on any atom is 4.00 e. The smallest absolute Gasteiger partial charge is 0.358 e. The Morgan fingerprint density at radius 2 is 0.891 bits per heavy atom. The minimum absolute atomic E-state index is 0. The largest absolute Gasteiger partial charge is 4.00 e. The van der Waals surface area contributed by atoms with Gasteiger partial charge in [0.1, 0.15) is 0 Å². The van der Waals surface area contributed by atoms with Crippen LogP contribution in [0.4, 0.5) is 0 Å². The zero-order valence-electron chi connectivity index (χ0n) is 29.2. The van der Waals surface area contributed by atoms with Gasteiger partial charge in [-0.2, -0.15) is 12.1 Å². The Hall–Kier alpha value is -3.03. The normalized spacial score (nSPS) is 14.5. The minimum Gasteiger partial charge on any atom is -0.358 e. The molecule has 1 aliphatic carbocycles. The quantitative estimate of drug-likeness (QED) is 0.124. The van der Waals surface area contributed by atoms with E-state index < -0.39 is 0 Å². The Bertz CT molecular complexity index is 1770. The molecule has 1 fully saturated rings. The molecule has 6 aromatic carbocycles. The molecule has 0 saturated heterocycles. The first kappa shape index (κ1) is 35.8. The fraction of sp³-hybridized carbons (Fsp3) is 0.289. The van der Waals surface area contributed by atoms with Crippen molar-refractivity contribution in [3.63, 3.8) is 0 Å². The first-order chi connectivity index (χ1) is 20.5. The average molecular weight is 769 g/mol. The van der Waals surface area contributed by atoms with Crippen LogP contribution in [-0.4, -0.2) is 0 Å². The van der Waals surface area contributed by atoms with E-state index in [4.69, 9.17) is 0 Å². The molecule has 0 spiro atoms. The van der Waals surface area contributed by atoms with Gasteiger partial charge >= 0.3 is 25.8 Å². The molecule has 0 N–H and O–H groups in total. The fourth-order valence-corrected chi connectivity index (χ4v) is 7.55. The molecule has 0 heterocycles. The van der Waals surface area contributed by atoms with E-state index in [-0.39, 0.29) is 56.9 Å². The van der Waals surface area contributed by atoms with Gasteiger partial charge in [0.05, 0.1) is 0 Å². The number of benzene rings is 4. The van der Waals surface area contributed by atoms with Crippen molar-refractivity contribution < 1.29 is 25.8 Å². The number of hydrogen-bond donors (Lipinski definition) is 0. The zero-order valence-corrected chi connectivity index (χ0v) is 32.8. The standard InChI is InChI=1S/C43H44.2CH3.Hf/c1-41(2,3)33-19-15-29(16-20-33)37-13-9-11-31-25-35(27-39(31)37)43(23-7-8-24-43)36-26-32-12-10-14-38(40(32)28-36)30-17-21-34(22-18-30)42(4,5)6;;;/h9-22,25-28H,7-8,23-24H2,1-6H3;2*1H3;/q-2;2*-1;+4. The Balaban J connectivity index is 0.00000160. The summed E-state index contributed by atoms with van der Waals surface area (Å²) in [6.07, 6.45) is 4.99. The van der Waals surface area contributed by atoms with E-state index in [1.54, 1.807) is 0 Å². The summed E-state index contributed by atoms with van der Waals surface area (Å²) in [5.41, 5.74) is 11.4. The number of hydrogen-bond acceptors (Lipinski definition) is 0.